The summed E-state index contributed by atoms with van der Waals surface area (Å²) in [4.78, 5) is 22.9. The number of esters is 1. The van der Waals surface area contributed by atoms with Crippen molar-refractivity contribution in [2.75, 3.05) is 39.6 Å². The number of nitrogens with one attached hydrogen (secondary N) is 1. The maximum absolute atomic E-state index is 12.1. The van der Waals surface area contributed by atoms with Crippen LogP contribution in [0.4, 0.5) is 4.79 Å². The molecule has 168 valence electrons. The lowest BCUT2D eigenvalue weighted by atomic mass is 10.1. The van der Waals surface area contributed by atoms with Crippen LogP contribution in [-0.2, 0) is 19.0 Å². The molecule has 2 aromatic carbocycles. The van der Waals surface area contributed by atoms with E-state index >= 15 is 0 Å². The molecule has 2 rings (SSSR count). The van der Waals surface area contributed by atoms with E-state index in [0.717, 1.165) is 11.5 Å². The van der Waals surface area contributed by atoms with E-state index in [9.17, 15) is 14.7 Å². The standard InChI is InChI=1S/C22H27NO8/c1-3-21(25)29-15-14-28-13-12-27-11-10-23-22(26)31-20-9-5-6-17-18(20)7-4-8-19(17)30-16(2)24/h3-9,16,24H,1,10-15H2,2H3,(H,23,26). The smallest absolute Gasteiger partial charge is 0.412 e. The molecule has 1 unspecified atom stereocenters. The summed E-state index contributed by atoms with van der Waals surface area (Å²) in [6, 6.07) is 10.5. The van der Waals surface area contributed by atoms with Gasteiger partial charge in [-0.3, -0.25) is 0 Å². The van der Waals surface area contributed by atoms with Crippen LogP contribution < -0.4 is 14.8 Å². The number of rotatable bonds is 13. The zero-order chi connectivity index (χ0) is 22.5. The Hall–Kier alpha value is -3.14. The van der Waals surface area contributed by atoms with Gasteiger partial charge in [-0.05, 0) is 19.1 Å². The van der Waals surface area contributed by atoms with Crippen molar-refractivity contribution >= 4 is 22.8 Å². The molecule has 0 spiro atoms. The van der Waals surface area contributed by atoms with Gasteiger partial charge in [-0.2, -0.15) is 0 Å². The highest BCUT2D eigenvalue weighted by Crippen LogP contribution is 2.32. The lowest BCUT2D eigenvalue weighted by Gasteiger charge is -2.13. The molecule has 9 nitrogen and oxygen atoms in total. The molecule has 0 saturated heterocycles. The van der Waals surface area contributed by atoms with Gasteiger partial charge in [0.25, 0.3) is 0 Å². The SMILES string of the molecule is C=CC(=O)OCCOCCOCCNC(=O)Oc1cccc2c(OC(C)O)cccc12. The Morgan fingerprint density at radius 2 is 1.61 bits per heavy atom. The minimum absolute atomic E-state index is 0.152. The van der Waals surface area contributed by atoms with Crippen molar-refractivity contribution in [2.45, 2.75) is 13.2 Å². The molecule has 0 aliphatic heterocycles. The predicted molar refractivity (Wildman–Crippen MR) is 113 cm³/mol. The molecule has 0 heterocycles. The van der Waals surface area contributed by atoms with Gasteiger partial charge in [-0.15, -0.1) is 0 Å². The van der Waals surface area contributed by atoms with Crippen LogP contribution in [0, 0.1) is 0 Å². The molecule has 9 heteroatoms. The third-order valence-electron chi connectivity index (χ3n) is 3.87. The molecule has 0 aromatic heterocycles. The molecule has 0 saturated carbocycles. The summed E-state index contributed by atoms with van der Waals surface area (Å²) in [6.45, 7) is 6.44. The third-order valence-corrected chi connectivity index (χ3v) is 3.87. The predicted octanol–water partition coefficient (Wildman–Crippen LogP) is 2.41. The second-order valence-electron chi connectivity index (χ2n) is 6.24. The van der Waals surface area contributed by atoms with Gasteiger partial charge in [0.05, 0.1) is 26.4 Å². The second kappa shape index (κ2) is 13.2. The average Bonchev–Trinajstić information content (AvgIpc) is 2.75. The fourth-order valence-electron chi connectivity index (χ4n) is 2.57. The highest BCUT2D eigenvalue weighted by atomic mass is 16.6. The van der Waals surface area contributed by atoms with Crippen LogP contribution in [-0.4, -0.2) is 63.0 Å². The summed E-state index contributed by atoms with van der Waals surface area (Å²) in [5.41, 5.74) is 0. The number of hydrogen-bond acceptors (Lipinski definition) is 8. The number of hydrogen-bond donors (Lipinski definition) is 2. The summed E-state index contributed by atoms with van der Waals surface area (Å²) < 4.78 is 26.1. The Morgan fingerprint density at radius 3 is 2.29 bits per heavy atom. The molecule has 0 radical (unpaired) electrons. The van der Waals surface area contributed by atoms with Gasteiger partial charge >= 0.3 is 12.1 Å². The zero-order valence-electron chi connectivity index (χ0n) is 17.4. The van der Waals surface area contributed by atoms with E-state index in [4.69, 9.17) is 23.7 Å². The number of aliphatic hydroxyl groups excluding tert-OH is 1. The molecule has 2 aromatic rings. The first kappa shape index (κ1) is 24.1. The third kappa shape index (κ3) is 8.63. The summed E-state index contributed by atoms with van der Waals surface area (Å²) in [6.07, 6.45) is -0.484. The van der Waals surface area contributed by atoms with E-state index in [1.165, 1.54) is 6.92 Å². The lowest BCUT2D eigenvalue weighted by Crippen LogP contribution is -2.30. The summed E-state index contributed by atoms with van der Waals surface area (Å²) in [5, 5.41) is 13.5. The number of amides is 1. The molecule has 1 amide bonds. The maximum Gasteiger partial charge on any atom is 0.412 e. The number of aliphatic hydroxyl groups is 1. The van der Waals surface area contributed by atoms with E-state index in [1.54, 1.807) is 30.3 Å². The number of fused-ring (bicyclic) bond motifs is 1. The zero-order valence-corrected chi connectivity index (χ0v) is 17.4. The van der Waals surface area contributed by atoms with E-state index in [2.05, 4.69) is 11.9 Å². The van der Waals surface area contributed by atoms with Crippen LogP contribution in [0.3, 0.4) is 0 Å². The number of carbonyl (C=O) groups is 2. The van der Waals surface area contributed by atoms with Crippen molar-refractivity contribution in [3.63, 3.8) is 0 Å². The molecule has 0 fully saturated rings. The van der Waals surface area contributed by atoms with Gasteiger partial charge in [0.2, 0.25) is 0 Å². The summed E-state index contributed by atoms with van der Waals surface area (Å²) in [5.74, 6) is 0.375. The van der Waals surface area contributed by atoms with Crippen LogP contribution in [0.5, 0.6) is 11.5 Å². The molecule has 0 bridgehead atoms. The topological polar surface area (TPSA) is 113 Å². The average molecular weight is 433 g/mol. The van der Waals surface area contributed by atoms with Crippen LogP contribution in [0.15, 0.2) is 49.1 Å². The van der Waals surface area contributed by atoms with Gasteiger partial charge in [0.1, 0.15) is 18.1 Å². The summed E-state index contributed by atoms with van der Waals surface area (Å²) >= 11 is 0. The molecule has 1 atom stereocenters. The Morgan fingerprint density at radius 1 is 1.00 bits per heavy atom. The van der Waals surface area contributed by atoms with Crippen molar-refractivity contribution in [2.24, 2.45) is 0 Å². The van der Waals surface area contributed by atoms with E-state index in [0.29, 0.717) is 30.1 Å². The molecular formula is C22H27NO8. The Balaban J connectivity index is 1.67. The second-order valence-corrected chi connectivity index (χ2v) is 6.24. The Bertz CT molecular complexity index is 868. The Kier molecular flexibility index (Phi) is 10.3. The minimum atomic E-state index is -0.960. The van der Waals surface area contributed by atoms with Gasteiger partial charge < -0.3 is 34.1 Å². The number of ether oxygens (including phenoxy) is 5. The maximum atomic E-state index is 12.1. The molecule has 0 aliphatic rings. The van der Waals surface area contributed by atoms with E-state index in [1.807, 2.05) is 6.07 Å². The first-order valence-corrected chi connectivity index (χ1v) is 9.78. The van der Waals surface area contributed by atoms with Crippen molar-refractivity contribution in [1.82, 2.24) is 5.32 Å². The highest BCUT2D eigenvalue weighted by molar-refractivity contribution is 5.94. The largest absolute Gasteiger partial charge is 0.465 e. The van der Waals surface area contributed by atoms with Crippen molar-refractivity contribution < 1.29 is 38.4 Å². The lowest BCUT2D eigenvalue weighted by molar-refractivity contribution is -0.139. The number of carbonyl (C=O) groups excluding carboxylic acids is 2. The van der Waals surface area contributed by atoms with Crippen LogP contribution in [0.1, 0.15) is 6.92 Å². The van der Waals surface area contributed by atoms with Gasteiger partial charge in [-0.1, -0.05) is 30.8 Å². The fourth-order valence-corrected chi connectivity index (χ4v) is 2.57. The molecular weight excluding hydrogens is 406 g/mol. The van der Waals surface area contributed by atoms with Crippen LogP contribution in [0.25, 0.3) is 10.8 Å². The van der Waals surface area contributed by atoms with Crippen molar-refractivity contribution in [3.05, 3.63) is 49.1 Å². The van der Waals surface area contributed by atoms with E-state index in [-0.39, 0.29) is 26.4 Å². The van der Waals surface area contributed by atoms with Gasteiger partial charge in [0, 0.05) is 23.4 Å². The Labute approximate surface area is 180 Å². The minimum Gasteiger partial charge on any atom is -0.465 e. The molecule has 0 aliphatic carbocycles. The van der Waals surface area contributed by atoms with Crippen LogP contribution >= 0.6 is 0 Å². The first-order valence-electron chi connectivity index (χ1n) is 9.78. The van der Waals surface area contributed by atoms with Crippen LogP contribution in [0.2, 0.25) is 0 Å². The summed E-state index contributed by atoms with van der Waals surface area (Å²) in [7, 11) is 0. The van der Waals surface area contributed by atoms with Gasteiger partial charge in [0.15, 0.2) is 6.29 Å². The monoisotopic (exact) mass is 433 g/mol. The fraction of sp³-hybridized carbons (Fsp3) is 0.364. The highest BCUT2D eigenvalue weighted by Gasteiger charge is 2.11. The van der Waals surface area contributed by atoms with E-state index < -0.39 is 18.4 Å². The number of benzene rings is 2. The van der Waals surface area contributed by atoms with Gasteiger partial charge in [-0.25, -0.2) is 9.59 Å². The first-order chi connectivity index (χ1) is 15.0. The molecule has 2 N–H and O–H groups in total. The van der Waals surface area contributed by atoms with Crippen molar-refractivity contribution in [1.29, 1.82) is 0 Å². The normalized spacial score (nSPS) is 11.5. The molecule has 31 heavy (non-hydrogen) atoms. The van der Waals surface area contributed by atoms with Crippen molar-refractivity contribution in [3.8, 4) is 11.5 Å². The quantitative estimate of drug-likeness (QED) is 0.214.